The standard InChI is InChI=1S/C13H19N/c1-11-7-3-2-4-8-12-9-5-6-10-14-13(11)12/h2,4,8,11H,3,5-7,9-10H2,1H3/b4-2?,12-8-. The fraction of sp³-hybridized carbons (Fsp3) is 0.615. The molecule has 1 atom stereocenters. The minimum absolute atomic E-state index is 0.657. The summed E-state index contributed by atoms with van der Waals surface area (Å²) in [4.78, 5) is 4.74. The SMILES string of the molecule is CC1CCC=C/C=C2/CCCCN=C21. The van der Waals surface area contributed by atoms with Crippen LogP contribution in [-0.2, 0) is 0 Å². The van der Waals surface area contributed by atoms with Crippen molar-refractivity contribution in [3.05, 3.63) is 23.8 Å². The summed E-state index contributed by atoms with van der Waals surface area (Å²) >= 11 is 0. The Hall–Kier alpha value is -0.850. The minimum atomic E-state index is 0.657. The highest BCUT2D eigenvalue weighted by Crippen LogP contribution is 2.23. The van der Waals surface area contributed by atoms with Crippen molar-refractivity contribution < 1.29 is 0 Å². The van der Waals surface area contributed by atoms with Crippen molar-refractivity contribution in [2.45, 2.75) is 39.0 Å². The highest BCUT2D eigenvalue weighted by Gasteiger charge is 2.17. The molecule has 0 bridgehead atoms. The van der Waals surface area contributed by atoms with Crippen LogP contribution in [0.4, 0.5) is 0 Å². The van der Waals surface area contributed by atoms with E-state index in [9.17, 15) is 0 Å². The summed E-state index contributed by atoms with van der Waals surface area (Å²) in [5.41, 5.74) is 2.89. The maximum absolute atomic E-state index is 4.74. The minimum Gasteiger partial charge on any atom is -0.289 e. The predicted octanol–water partition coefficient (Wildman–Crippen LogP) is 3.52. The van der Waals surface area contributed by atoms with E-state index in [1.807, 2.05) is 0 Å². The summed E-state index contributed by atoms with van der Waals surface area (Å²) in [6.07, 6.45) is 13.0. The number of allylic oxidation sites excluding steroid dienone is 4. The van der Waals surface area contributed by atoms with Gasteiger partial charge in [-0.25, -0.2) is 0 Å². The quantitative estimate of drug-likeness (QED) is 0.553. The van der Waals surface area contributed by atoms with E-state index in [1.165, 1.54) is 43.4 Å². The van der Waals surface area contributed by atoms with Crippen LogP contribution in [0.1, 0.15) is 39.0 Å². The van der Waals surface area contributed by atoms with Crippen LogP contribution >= 0.6 is 0 Å². The third-order valence-electron chi connectivity index (χ3n) is 3.13. The van der Waals surface area contributed by atoms with Gasteiger partial charge in [-0.2, -0.15) is 0 Å². The summed E-state index contributed by atoms with van der Waals surface area (Å²) in [5.74, 6) is 0.657. The number of nitrogens with zero attached hydrogens (tertiary/aromatic N) is 1. The molecule has 14 heavy (non-hydrogen) atoms. The van der Waals surface area contributed by atoms with Crippen molar-refractivity contribution in [1.29, 1.82) is 0 Å². The second-order valence-corrected chi connectivity index (χ2v) is 4.32. The molecule has 0 fully saturated rings. The lowest BCUT2D eigenvalue weighted by Gasteiger charge is -2.17. The number of hydrogen-bond donors (Lipinski definition) is 0. The van der Waals surface area contributed by atoms with E-state index in [-0.39, 0.29) is 0 Å². The Morgan fingerprint density at radius 2 is 2.29 bits per heavy atom. The van der Waals surface area contributed by atoms with Crippen LogP contribution in [0, 0.1) is 5.92 Å². The van der Waals surface area contributed by atoms with Gasteiger partial charge in [0.1, 0.15) is 0 Å². The lowest BCUT2D eigenvalue weighted by Crippen LogP contribution is -2.14. The molecule has 1 heteroatoms. The molecule has 0 aromatic heterocycles. The molecule has 0 aromatic carbocycles. The number of fused-ring (bicyclic) bond motifs is 1. The fourth-order valence-corrected chi connectivity index (χ4v) is 2.26. The monoisotopic (exact) mass is 189 g/mol. The van der Waals surface area contributed by atoms with E-state index in [2.05, 4.69) is 25.2 Å². The molecule has 1 aliphatic heterocycles. The summed E-state index contributed by atoms with van der Waals surface area (Å²) < 4.78 is 0. The van der Waals surface area contributed by atoms with Crippen LogP contribution < -0.4 is 0 Å². The summed E-state index contributed by atoms with van der Waals surface area (Å²) in [5, 5.41) is 0. The highest BCUT2D eigenvalue weighted by molar-refractivity contribution is 6.02. The zero-order valence-electron chi connectivity index (χ0n) is 9.00. The fourth-order valence-electron chi connectivity index (χ4n) is 2.26. The molecule has 1 nitrogen and oxygen atoms in total. The Morgan fingerprint density at radius 1 is 1.36 bits per heavy atom. The third-order valence-corrected chi connectivity index (χ3v) is 3.13. The van der Waals surface area contributed by atoms with Crippen molar-refractivity contribution in [3.8, 4) is 0 Å². The van der Waals surface area contributed by atoms with Crippen LogP contribution in [-0.4, -0.2) is 12.3 Å². The van der Waals surface area contributed by atoms with Crippen LogP contribution in [0.2, 0.25) is 0 Å². The molecule has 1 aliphatic carbocycles. The van der Waals surface area contributed by atoms with Gasteiger partial charge in [-0.05, 0) is 43.6 Å². The Morgan fingerprint density at radius 3 is 3.21 bits per heavy atom. The van der Waals surface area contributed by atoms with Gasteiger partial charge >= 0.3 is 0 Å². The van der Waals surface area contributed by atoms with Crippen molar-refractivity contribution in [2.75, 3.05) is 6.54 Å². The number of aliphatic imine (C=N–C) groups is 1. The molecule has 1 unspecified atom stereocenters. The van der Waals surface area contributed by atoms with E-state index >= 15 is 0 Å². The maximum atomic E-state index is 4.74. The Labute approximate surface area is 86.6 Å². The van der Waals surface area contributed by atoms with Gasteiger partial charge in [-0.1, -0.05) is 25.2 Å². The first kappa shape index (κ1) is 9.70. The van der Waals surface area contributed by atoms with Crippen molar-refractivity contribution in [2.24, 2.45) is 10.9 Å². The van der Waals surface area contributed by atoms with Gasteiger partial charge in [0.2, 0.25) is 0 Å². The van der Waals surface area contributed by atoms with Gasteiger partial charge < -0.3 is 0 Å². The van der Waals surface area contributed by atoms with Gasteiger partial charge in [-0.15, -0.1) is 0 Å². The third kappa shape index (κ3) is 2.14. The molecule has 76 valence electrons. The Bertz CT molecular complexity index is 284. The first-order chi connectivity index (χ1) is 6.88. The van der Waals surface area contributed by atoms with E-state index in [1.54, 1.807) is 0 Å². The normalized spacial score (nSPS) is 31.6. The Kier molecular flexibility index (Phi) is 3.18. The van der Waals surface area contributed by atoms with Crippen molar-refractivity contribution in [3.63, 3.8) is 0 Å². The highest BCUT2D eigenvalue weighted by atomic mass is 14.7. The maximum Gasteiger partial charge on any atom is 0.0408 e. The average Bonchev–Trinajstić information content (AvgIpc) is 2.39. The summed E-state index contributed by atoms with van der Waals surface area (Å²) in [6.45, 7) is 3.36. The van der Waals surface area contributed by atoms with Gasteiger partial charge in [0.05, 0.1) is 0 Å². The molecule has 0 saturated carbocycles. The van der Waals surface area contributed by atoms with E-state index in [0.717, 1.165) is 6.54 Å². The largest absolute Gasteiger partial charge is 0.289 e. The van der Waals surface area contributed by atoms with Crippen LogP contribution in [0.5, 0.6) is 0 Å². The molecular weight excluding hydrogens is 170 g/mol. The number of rotatable bonds is 0. The first-order valence-corrected chi connectivity index (χ1v) is 5.78. The topological polar surface area (TPSA) is 12.4 Å². The van der Waals surface area contributed by atoms with E-state index in [0.29, 0.717) is 5.92 Å². The van der Waals surface area contributed by atoms with Crippen molar-refractivity contribution in [1.82, 2.24) is 0 Å². The van der Waals surface area contributed by atoms with Gasteiger partial charge in [-0.3, -0.25) is 4.99 Å². The predicted molar refractivity (Wildman–Crippen MR) is 61.8 cm³/mol. The molecule has 0 aromatic rings. The summed E-state index contributed by atoms with van der Waals surface area (Å²) in [6, 6.07) is 0. The first-order valence-electron chi connectivity index (χ1n) is 5.78. The second kappa shape index (κ2) is 4.59. The van der Waals surface area contributed by atoms with Crippen LogP contribution in [0.15, 0.2) is 28.8 Å². The van der Waals surface area contributed by atoms with Crippen LogP contribution in [0.25, 0.3) is 0 Å². The molecule has 0 spiro atoms. The summed E-state index contributed by atoms with van der Waals surface area (Å²) in [7, 11) is 0. The molecule has 1 heterocycles. The van der Waals surface area contributed by atoms with Gasteiger partial charge in [0, 0.05) is 12.3 Å². The molecule has 0 radical (unpaired) electrons. The molecule has 2 aliphatic rings. The molecule has 0 amide bonds. The molecular formula is C13H19N. The van der Waals surface area contributed by atoms with Gasteiger partial charge in [0.15, 0.2) is 0 Å². The van der Waals surface area contributed by atoms with E-state index in [4.69, 9.17) is 4.99 Å². The molecule has 2 rings (SSSR count). The molecule has 0 saturated heterocycles. The van der Waals surface area contributed by atoms with Crippen LogP contribution in [0.3, 0.4) is 0 Å². The van der Waals surface area contributed by atoms with Crippen molar-refractivity contribution >= 4 is 5.71 Å². The smallest absolute Gasteiger partial charge is 0.0408 e. The van der Waals surface area contributed by atoms with E-state index < -0.39 is 0 Å². The molecule has 0 N–H and O–H groups in total. The lowest BCUT2D eigenvalue weighted by molar-refractivity contribution is 0.688. The van der Waals surface area contributed by atoms with Gasteiger partial charge in [0.25, 0.3) is 0 Å². The lowest BCUT2D eigenvalue weighted by atomic mass is 9.90. The second-order valence-electron chi connectivity index (χ2n) is 4.32. The number of hydrogen-bond acceptors (Lipinski definition) is 1. The zero-order valence-corrected chi connectivity index (χ0v) is 9.00. The average molecular weight is 189 g/mol. The zero-order chi connectivity index (χ0) is 9.80. The Balaban J connectivity index is 2.29.